The van der Waals surface area contributed by atoms with Crippen molar-refractivity contribution in [3.05, 3.63) is 18.1 Å². The second-order valence-electron chi connectivity index (χ2n) is 3.85. The Balaban J connectivity index is 2.17. The number of anilines is 1. The number of oxime groups is 1. The summed E-state index contributed by atoms with van der Waals surface area (Å²) in [5.74, 6) is 0.543. The Labute approximate surface area is 104 Å². The quantitative estimate of drug-likeness (QED) is 0.267. The minimum atomic E-state index is -0.122. The normalized spacial score (nSPS) is 21.1. The highest BCUT2D eigenvalue weighted by Crippen LogP contribution is 2.15. The van der Waals surface area contributed by atoms with Crippen LogP contribution in [-0.4, -0.2) is 58.5 Å². The van der Waals surface area contributed by atoms with Gasteiger partial charge in [0.25, 0.3) is 0 Å². The number of hydrogen-bond acceptors (Lipinski definition) is 7. The van der Waals surface area contributed by atoms with E-state index in [-0.39, 0.29) is 18.5 Å². The fourth-order valence-electron chi connectivity index (χ4n) is 1.76. The molecule has 98 valence electrons. The Morgan fingerprint density at radius 1 is 1.56 bits per heavy atom. The number of amidine groups is 1. The third kappa shape index (κ3) is 2.49. The smallest absolute Gasteiger partial charge is 0.190 e. The van der Waals surface area contributed by atoms with Crippen LogP contribution in [0.15, 0.2) is 17.5 Å². The van der Waals surface area contributed by atoms with E-state index in [1.807, 2.05) is 4.90 Å². The molecule has 1 unspecified atom stereocenters. The Hall–Kier alpha value is -1.93. The molecule has 18 heavy (non-hydrogen) atoms. The van der Waals surface area contributed by atoms with Crippen molar-refractivity contribution in [2.75, 3.05) is 31.3 Å². The van der Waals surface area contributed by atoms with E-state index in [4.69, 9.17) is 15.7 Å². The fraction of sp³-hybridized carbons (Fsp3) is 0.500. The highest BCUT2D eigenvalue weighted by molar-refractivity contribution is 5.94. The number of nitrogens with two attached hydrogens (primary N) is 1. The maximum Gasteiger partial charge on any atom is 0.190 e. The zero-order valence-electron chi connectivity index (χ0n) is 9.73. The number of nitrogens with zero attached hydrogens (tertiary/aromatic N) is 4. The van der Waals surface area contributed by atoms with Gasteiger partial charge < -0.3 is 25.7 Å². The molecule has 1 atom stereocenters. The van der Waals surface area contributed by atoms with Crippen LogP contribution in [0.4, 0.5) is 5.82 Å². The van der Waals surface area contributed by atoms with Crippen molar-refractivity contribution in [3.63, 3.8) is 0 Å². The van der Waals surface area contributed by atoms with Crippen molar-refractivity contribution in [3.8, 4) is 0 Å². The van der Waals surface area contributed by atoms with Crippen molar-refractivity contribution in [1.82, 2.24) is 9.97 Å². The monoisotopic (exact) mass is 253 g/mol. The summed E-state index contributed by atoms with van der Waals surface area (Å²) in [6.07, 6.45) is 2.95. The van der Waals surface area contributed by atoms with Crippen LogP contribution in [0.2, 0.25) is 0 Å². The largest absolute Gasteiger partial charge is 0.409 e. The highest BCUT2D eigenvalue weighted by Gasteiger charge is 2.23. The summed E-state index contributed by atoms with van der Waals surface area (Å²) < 4.78 is 5.28. The molecule has 2 rings (SSSR count). The van der Waals surface area contributed by atoms with Crippen LogP contribution >= 0.6 is 0 Å². The average molecular weight is 253 g/mol. The lowest BCUT2D eigenvalue weighted by Gasteiger charge is -2.35. The maximum atomic E-state index is 9.26. The summed E-state index contributed by atoms with van der Waals surface area (Å²) >= 11 is 0. The Bertz CT molecular complexity index is 422. The van der Waals surface area contributed by atoms with E-state index in [0.717, 1.165) is 0 Å². The molecule has 1 saturated heterocycles. The van der Waals surface area contributed by atoms with Gasteiger partial charge in [-0.3, -0.25) is 0 Å². The van der Waals surface area contributed by atoms with E-state index in [0.29, 0.717) is 31.3 Å². The van der Waals surface area contributed by atoms with Crippen molar-refractivity contribution in [1.29, 1.82) is 0 Å². The number of aromatic nitrogens is 2. The first-order chi connectivity index (χ1) is 8.76. The van der Waals surface area contributed by atoms with Gasteiger partial charge in [0.2, 0.25) is 0 Å². The lowest BCUT2D eigenvalue weighted by atomic mass is 10.2. The molecule has 0 radical (unpaired) electrons. The average Bonchev–Trinajstić information content (AvgIpc) is 2.46. The summed E-state index contributed by atoms with van der Waals surface area (Å²) in [5.41, 5.74) is 5.70. The first kappa shape index (κ1) is 12.5. The van der Waals surface area contributed by atoms with Gasteiger partial charge in [-0.15, -0.1) is 0 Å². The molecule has 8 nitrogen and oxygen atoms in total. The molecule has 1 fully saturated rings. The van der Waals surface area contributed by atoms with Crippen LogP contribution in [-0.2, 0) is 4.74 Å². The topological polar surface area (TPSA) is 117 Å². The predicted octanol–water partition coefficient (Wildman–Crippen LogP) is -1.23. The van der Waals surface area contributed by atoms with Gasteiger partial charge in [-0.1, -0.05) is 5.16 Å². The van der Waals surface area contributed by atoms with E-state index in [2.05, 4.69) is 15.1 Å². The molecule has 4 N–H and O–H groups in total. The molecular formula is C10H15N5O3. The van der Waals surface area contributed by atoms with E-state index < -0.39 is 0 Å². The third-order valence-electron chi connectivity index (χ3n) is 2.74. The molecule has 8 heteroatoms. The zero-order chi connectivity index (χ0) is 13.0. The second kappa shape index (κ2) is 5.61. The maximum absolute atomic E-state index is 9.26. The van der Waals surface area contributed by atoms with Crippen molar-refractivity contribution in [2.45, 2.75) is 6.04 Å². The Morgan fingerprint density at radius 3 is 3.00 bits per heavy atom. The molecular weight excluding hydrogens is 238 g/mol. The zero-order valence-corrected chi connectivity index (χ0v) is 9.73. The van der Waals surface area contributed by atoms with Gasteiger partial charge in [0.15, 0.2) is 5.84 Å². The minimum Gasteiger partial charge on any atom is -0.409 e. The molecule has 0 aliphatic carbocycles. The third-order valence-corrected chi connectivity index (χ3v) is 2.74. The van der Waals surface area contributed by atoms with Crippen LogP contribution < -0.4 is 10.6 Å². The summed E-state index contributed by atoms with van der Waals surface area (Å²) in [7, 11) is 0. The van der Waals surface area contributed by atoms with Crippen LogP contribution in [0.3, 0.4) is 0 Å². The molecule has 0 amide bonds. The van der Waals surface area contributed by atoms with E-state index in [1.165, 1.54) is 12.4 Å². The SMILES string of the molecule is NC(=NO)c1cnc(N2CCOCC2CO)cn1. The lowest BCUT2D eigenvalue weighted by Crippen LogP contribution is -2.48. The van der Waals surface area contributed by atoms with Crippen LogP contribution in [0.5, 0.6) is 0 Å². The number of aliphatic hydroxyl groups is 1. The lowest BCUT2D eigenvalue weighted by molar-refractivity contribution is 0.0722. The van der Waals surface area contributed by atoms with Gasteiger partial charge >= 0.3 is 0 Å². The summed E-state index contributed by atoms with van der Waals surface area (Å²) in [6.45, 7) is 1.67. The number of hydrogen-bond donors (Lipinski definition) is 3. The van der Waals surface area contributed by atoms with Gasteiger partial charge in [-0.2, -0.15) is 0 Å². The van der Waals surface area contributed by atoms with Gasteiger partial charge in [0, 0.05) is 6.54 Å². The van der Waals surface area contributed by atoms with E-state index in [9.17, 15) is 5.11 Å². The highest BCUT2D eigenvalue weighted by atomic mass is 16.5. The summed E-state index contributed by atoms with van der Waals surface area (Å²) in [6, 6.07) is -0.122. The summed E-state index contributed by atoms with van der Waals surface area (Å²) in [4.78, 5) is 10.2. The van der Waals surface area contributed by atoms with Crippen molar-refractivity contribution < 1.29 is 15.1 Å². The molecule has 1 aromatic rings. The molecule has 2 heterocycles. The number of aliphatic hydroxyl groups excluding tert-OH is 1. The first-order valence-electron chi connectivity index (χ1n) is 5.51. The minimum absolute atomic E-state index is 0.0102. The molecule has 0 bridgehead atoms. The van der Waals surface area contributed by atoms with Gasteiger partial charge in [0.1, 0.15) is 11.5 Å². The second-order valence-corrected chi connectivity index (χ2v) is 3.85. The van der Waals surface area contributed by atoms with Crippen LogP contribution in [0, 0.1) is 0 Å². The van der Waals surface area contributed by atoms with E-state index in [1.54, 1.807) is 0 Å². The molecule has 0 spiro atoms. The molecule has 1 aliphatic heterocycles. The van der Waals surface area contributed by atoms with Crippen molar-refractivity contribution in [2.24, 2.45) is 10.9 Å². The summed E-state index contributed by atoms with van der Waals surface area (Å²) in [5, 5.41) is 20.6. The van der Waals surface area contributed by atoms with Crippen LogP contribution in [0.25, 0.3) is 0 Å². The standard InChI is InChI=1S/C10H15N5O3/c11-10(14-17)8-3-13-9(4-12-8)15-1-2-18-6-7(15)5-16/h3-4,7,16-17H,1-2,5-6H2,(H2,11,14). The van der Waals surface area contributed by atoms with Crippen LogP contribution in [0.1, 0.15) is 5.69 Å². The Morgan fingerprint density at radius 2 is 2.39 bits per heavy atom. The molecule has 0 saturated carbocycles. The molecule has 1 aromatic heterocycles. The van der Waals surface area contributed by atoms with Gasteiger partial charge in [-0.25, -0.2) is 9.97 Å². The van der Waals surface area contributed by atoms with E-state index >= 15 is 0 Å². The number of ether oxygens (including phenoxy) is 1. The predicted molar refractivity (Wildman–Crippen MR) is 63.6 cm³/mol. The molecule has 0 aromatic carbocycles. The van der Waals surface area contributed by atoms with Gasteiger partial charge in [0.05, 0.1) is 38.3 Å². The Kier molecular flexibility index (Phi) is 3.90. The van der Waals surface area contributed by atoms with Crippen molar-refractivity contribution >= 4 is 11.7 Å². The molecule has 1 aliphatic rings. The number of morpholine rings is 1. The van der Waals surface area contributed by atoms with Gasteiger partial charge in [-0.05, 0) is 0 Å². The first-order valence-corrected chi connectivity index (χ1v) is 5.51. The fourth-order valence-corrected chi connectivity index (χ4v) is 1.76. The number of rotatable bonds is 3.